The van der Waals surface area contributed by atoms with Crippen LogP contribution in [0.4, 0.5) is 0 Å². The fourth-order valence-corrected chi connectivity index (χ4v) is 3.08. The Morgan fingerprint density at radius 3 is 2.57 bits per heavy atom. The zero-order valence-electron chi connectivity index (χ0n) is 13.0. The standard InChI is InChI=1S/C16H27N3O2/c1-13(17)16(14-4-3-5-15(12-14)21-2)19-8-6-18(7-9-19)10-11-20/h3-5,12-13,16,20H,6-11,17H2,1-2H3. The van der Waals surface area contributed by atoms with E-state index < -0.39 is 0 Å². The molecule has 1 aromatic rings. The highest BCUT2D eigenvalue weighted by atomic mass is 16.5. The van der Waals surface area contributed by atoms with Crippen molar-refractivity contribution in [3.8, 4) is 5.75 Å². The molecule has 2 unspecified atom stereocenters. The van der Waals surface area contributed by atoms with Crippen LogP contribution in [0.3, 0.4) is 0 Å². The van der Waals surface area contributed by atoms with Crippen LogP contribution in [-0.4, -0.2) is 67.4 Å². The molecule has 0 radical (unpaired) electrons. The number of methoxy groups -OCH3 is 1. The number of nitrogens with zero attached hydrogens (tertiary/aromatic N) is 2. The van der Waals surface area contributed by atoms with E-state index in [4.69, 9.17) is 15.6 Å². The Balaban J connectivity index is 2.09. The summed E-state index contributed by atoms with van der Waals surface area (Å²) < 4.78 is 5.33. The Morgan fingerprint density at radius 2 is 2.00 bits per heavy atom. The lowest BCUT2D eigenvalue weighted by Gasteiger charge is -2.41. The van der Waals surface area contributed by atoms with Gasteiger partial charge in [-0.15, -0.1) is 0 Å². The second-order valence-corrected chi connectivity index (χ2v) is 5.68. The van der Waals surface area contributed by atoms with Crippen molar-refractivity contribution < 1.29 is 9.84 Å². The molecular weight excluding hydrogens is 266 g/mol. The topological polar surface area (TPSA) is 62.0 Å². The van der Waals surface area contributed by atoms with Crippen molar-refractivity contribution in [2.24, 2.45) is 5.73 Å². The Bertz CT molecular complexity index is 431. The molecule has 1 saturated heterocycles. The Hall–Kier alpha value is -1.14. The summed E-state index contributed by atoms with van der Waals surface area (Å²) in [4.78, 5) is 4.73. The zero-order chi connectivity index (χ0) is 15.2. The molecule has 1 fully saturated rings. The maximum atomic E-state index is 9.03. The number of hydrogen-bond donors (Lipinski definition) is 2. The van der Waals surface area contributed by atoms with E-state index in [9.17, 15) is 0 Å². The van der Waals surface area contributed by atoms with Crippen molar-refractivity contribution in [1.29, 1.82) is 0 Å². The summed E-state index contributed by atoms with van der Waals surface area (Å²) in [7, 11) is 1.69. The zero-order valence-corrected chi connectivity index (χ0v) is 13.0. The Morgan fingerprint density at radius 1 is 1.29 bits per heavy atom. The molecule has 0 amide bonds. The highest BCUT2D eigenvalue weighted by molar-refractivity contribution is 5.31. The van der Waals surface area contributed by atoms with Gasteiger partial charge in [0.05, 0.1) is 13.7 Å². The van der Waals surface area contributed by atoms with E-state index in [-0.39, 0.29) is 18.7 Å². The summed E-state index contributed by atoms with van der Waals surface area (Å²) in [6.45, 7) is 6.96. The Kier molecular flexibility index (Phi) is 5.99. The van der Waals surface area contributed by atoms with Gasteiger partial charge in [0, 0.05) is 44.8 Å². The van der Waals surface area contributed by atoms with Crippen LogP contribution in [0.15, 0.2) is 24.3 Å². The van der Waals surface area contributed by atoms with E-state index >= 15 is 0 Å². The molecule has 1 aliphatic heterocycles. The van der Waals surface area contributed by atoms with Crippen LogP contribution in [0.5, 0.6) is 5.75 Å². The minimum Gasteiger partial charge on any atom is -0.497 e. The minimum absolute atomic E-state index is 0.0569. The lowest BCUT2D eigenvalue weighted by atomic mass is 9.98. The van der Waals surface area contributed by atoms with E-state index in [1.54, 1.807) is 7.11 Å². The van der Waals surface area contributed by atoms with Gasteiger partial charge in [0.25, 0.3) is 0 Å². The monoisotopic (exact) mass is 293 g/mol. The molecular formula is C16H27N3O2. The third-order valence-electron chi connectivity index (χ3n) is 4.15. The average Bonchev–Trinajstić information content (AvgIpc) is 2.49. The van der Waals surface area contributed by atoms with Gasteiger partial charge in [-0.2, -0.15) is 0 Å². The predicted molar refractivity (Wildman–Crippen MR) is 84.5 cm³/mol. The van der Waals surface area contributed by atoms with Crippen molar-refractivity contribution in [2.45, 2.75) is 19.0 Å². The summed E-state index contributed by atoms with van der Waals surface area (Å²) in [6.07, 6.45) is 0. The fourth-order valence-electron chi connectivity index (χ4n) is 3.08. The van der Waals surface area contributed by atoms with Gasteiger partial charge in [-0.1, -0.05) is 12.1 Å². The summed E-state index contributed by atoms with van der Waals surface area (Å²) in [5, 5.41) is 9.03. The minimum atomic E-state index is 0.0569. The number of ether oxygens (including phenoxy) is 1. The van der Waals surface area contributed by atoms with Crippen LogP contribution in [0.1, 0.15) is 18.5 Å². The van der Waals surface area contributed by atoms with Gasteiger partial charge < -0.3 is 15.6 Å². The first-order valence-electron chi connectivity index (χ1n) is 7.62. The molecule has 0 saturated carbocycles. The van der Waals surface area contributed by atoms with Gasteiger partial charge in [0.2, 0.25) is 0 Å². The number of aliphatic hydroxyl groups excluding tert-OH is 1. The highest BCUT2D eigenvalue weighted by Gasteiger charge is 2.27. The van der Waals surface area contributed by atoms with Gasteiger partial charge >= 0.3 is 0 Å². The largest absolute Gasteiger partial charge is 0.497 e. The number of hydrogen-bond acceptors (Lipinski definition) is 5. The molecule has 2 atom stereocenters. The molecule has 1 aromatic carbocycles. The van der Waals surface area contributed by atoms with Crippen LogP contribution < -0.4 is 10.5 Å². The summed E-state index contributed by atoms with van der Waals surface area (Å²) in [5.41, 5.74) is 7.46. The molecule has 21 heavy (non-hydrogen) atoms. The summed E-state index contributed by atoms with van der Waals surface area (Å²) >= 11 is 0. The lowest BCUT2D eigenvalue weighted by Crippen LogP contribution is -2.51. The van der Waals surface area contributed by atoms with E-state index in [2.05, 4.69) is 28.9 Å². The highest BCUT2D eigenvalue weighted by Crippen LogP contribution is 2.27. The first-order valence-corrected chi connectivity index (χ1v) is 7.62. The van der Waals surface area contributed by atoms with E-state index in [0.717, 1.165) is 38.5 Å². The Labute approximate surface area is 127 Å². The summed E-state index contributed by atoms with van der Waals surface area (Å²) in [5.74, 6) is 0.872. The van der Waals surface area contributed by atoms with Crippen LogP contribution in [0.2, 0.25) is 0 Å². The van der Waals surface area contributed by atoms with Crippen molar-refractivity contribution in [3.63, 3.8) is 0 Å². The number of β-amino-alcohol motifs (C(OH)–C–C–N with tert-alkyl or cyclic N) is 1. The van der Waals surface area contributed by atoms with Crippen molar-refractivity contribution in [3.05, 3.63) is 29.8 Å². The smallest absolute Gasteiger partial charge is 0.119 e. The first-order chi connectivity index (χ1) is 10.2. The van der Waals surface area contributed by atoms with E-state index in [1.807, 2.05) is 12.1 Å². The third-order valence-corrected chi connectivity index (χ3v) is 4.15. The molecule has 2 rings (SSSR count). The maximum Gasteiger partial charge on any atom is 0.119 e. The predicted octanol–water partition coefficient (Wildman–Crippen LogP) is 0.693. The van der Waals surface area contributed by atoms with Gasteiger partial charge in [0.15, 0.2) is 0 Å². The van der Waals surface area contributed by atoms with Crippen molar-refractivity contribution in [2.75, 3.05) is 46.4 Å². The molecule has 0 aromatic heterocycles. The van der Waals surface area contributed by atoms with Gasteiger partial charge in [-0.3, -0.25) is 9.80 Å². The fraction of sp³-hybridized carbons (Fsp3) is 0.625. The van der Waals surface area contributed by atoms with E-state index in [1.165, 1.54) is 5.56 Å². The van der Waals surface area contributed by atoms with Crippen LogP contribution in [0, 0.1) is 0 Å². The van der Waals surface area contributed by atoms with Gasteiger partial charge in [0.1, 0.15) is 5.75 Å². The molecule has 0 spiro atoms. The molecule has 0 bridgehead atoms. The second kappa shape index (κ2) is 7.75. The quantitative estimate of drug-likeness (QED) is 0.808. The van der Waals surface area contributed by atoms with Gasteiger partial charge in [-0.25, -0.2) is 0 Å². The van der Waals surface area contributed by atoms with Crippen molar-refractivity contribution in [1.82, 2.24) is 9.80 Å². The number of rotatable bonds is 6. The number of piperazine rings is 1. The molecule has 5 nitrogen and oxygen atoms in total. The SMILES string of the molecule is COc1cccc(C(C(C)N)N2CCN(CCO)CC2)c1. The van der Waals surface area contributed by atoms with Crippen LogP contribution >= 0.6 is 0 Å². The number of aliphatic hydroxyl groups is 1. The normalized spacial score (nSPS) is 20.2. The third kappa shape index (κ3) is 4.17. The molecule has 5 heteroatoms. The number of benzene rings is 1. The number of nitrogens with two attached hydrogens (primary N) is 1. The molecule has 1 aliphatic rings. The van der Waals surface area contributed by atoms with Crippen LogP contribution in [0.25, 0.3) is 0 Å². The second-order valence-electron chi connectivity index (χ2n) is 5.68. The maximum absolute atomic E-state index is 9.03. The lowest BCUT2D eigenvalue weighted by molar-refractivity contribution is 0.0759. The van der Waals surface area contributed by atoms with E-state index in [0.29, 0.717) is 0 Å². The molecule has 3 N–H and O–H groups in total. The molecule has 1 heterocycles. The van der Waals surface area contributed by atoms with Crippen LogP contribution in [-0.2, 0) is 0 Å². The van der Waals surface area contributed by atoms with Gasteiger partial charge in [-0.05, 0) is 24.6 Å². The molecule has 0 aliphatic carbocycles. The van der Waals surface area contributed by atoms with Crippen molar-refractivity contribution >= 4 is 0 Å². The molecule has 118 valence electrons. The summed E-state index contributed by atoms with van der Waals surface area (Å²) in [6, 6.07) is 8.44. The average molecular weight is 293 g/mol. The first kappa shape index (κ1) is 16.2.